The molecule has 1 rings (SSSR count). The lowest BCUT2D eigenvalue weighted by molar-refractivity contribution is 0.197. The van der Waals surface area contributed by atoms with Crippen molar-refractivity contribution in [3.63, 3.8) is 0 Å². The first-order chi connectivity index (χ1) is 7.86. The normalized spacial score (nSPS) is 10.1. The number of ether oxygens (including phenoxy) is 1. The highest BCUT2D eigenvalue weighted by atomic mass is 16.5. The molecule has 0 unspecified atom stereocenters. The summed E-state index contributed by atoms with van der Waals surface area (Å²) in [6, 6.07) is 1.87. The second-order valence-electron chi connectivity index (χ2n) is 3.47. The lowest BCUT2D eigenvalue weighted by Crippen LogP contribution is -2.09. The van der Waals surface area contributed by atoms with E-state index in [9.17, 15) is 0 Å². The van der Waals surface area contributed by atoms with Crippen molar-refractivity contribution in [3.05, 3.63) is 12.3 Å². The van der Waals surface area contributed by atoms with Gasteiger partial charge in [0.2, 0.25) is 5.95 Å². The number of nitrogens with zero attached hydrogens (tertiary/aromatic N) is 2. The molecule has 16 heavy (non-hydrogen) atoms. The predicted octanol–water partition coefficient (Wildman–Crippen LogP) is 1.75. The minimum atomic E-state index is 0.664. The van der Waals surface area contributed by atoms with Gasteiger partial charge in [0.25, 0.3) is 0 Å². The van der Waals surface area contributed by atoms with E-state index >= 15 is 0 Å². The molecular formula is C11H20N4O. The summed E-state index contributed by atoms with van der Waals surface area (Å²) in [5, 5.41) is 6.37. The van der Waals surface area contributed by atoms with Crippen LogP contribution in [0.3, 0.4) is 0 Å². The van der Waals surface area contributed by atoms with Gasteiger partial charge in [-0.05, 0) is 18.9 Å². The molecule has 0 radical (unpaired) electrons. The van der Waals surface area contributed by atoms with Gasteiger partial charge >= 0.3 is 0 Å². The maximum Gasteiger partial charge on any atom is 0.224 e. The van der Waals surface area contributed by atoms with Crippen LogP contribution in [0.4, 0.5) is 11.8 Å². The van der Waals surface area contributed by atoms with Crippen LogP contribution in [0, 0.1) is 0 Å². The molecule has 0 bridgehead atoms. The summed E-state index contributed by atoms with van der Waals surface area (Å²) in [5.74, 6) is 1.53. The SMILES string of the molecule is CCCNc1ccnc(NCCCOC)n1. The quantitative estimate of drug-likeness (QED) is 0.659. The smallest absolute Gasteiger partial charge is 0.224 e. The standard InChI is InChI=1S/C11H20N4O/c1-3-6-12-10-5-8-14-11(15-10)13-7-4-9-16-2/h5,8H,3-4,6-7,9H2,1-2H3,(H2,12,13,14,15). The van der Waals surface area contributed by atoms with Crippen LogP contribution in [0.2, 0.25) is 0 Å². The number of hydrogen-bond acceptors (Lipinski definition) is 5. The molecule has 1 aromatic heterocycles. The van der Waals surface area contributed by atoms with Crippen molar-refractivity contribution in [2.24, 2.45) is 0 Å². The van der Waals surface area contributed by atoms with E-state index in [1.54, 1.807) is 13.3 Å². The molecule has 0 aliphatic rings. The Hall–Kier alpha value is -1.36. The van der Waals surface area contributed by atoms with Gasteiger partial charge in [0, 0.05) is 33.0 Å². The molecule has 2 N–H and O–H groups in total. The van der Waals surface area contributed by atoms with Gasteiger partial charge < -0.3 is 15.4 Å². The van der Waals surface area contributed by atoms with Crippen LogP contribution in [0.15, 0.2) is 12.3 Å². The summed E-state index contributed by atoms with van der Waals surface area (Å²) in [4.78, 5) is 8.48. The Morgan fingerprint density at radius 1 is 1.31 bits per heavy atom. The summed E-state index contributed by atoms with van der Waals surface area (Å²) in [6.45, 7) is 4.63. The van der Waals surface area contributed by atoms with Crippen LogP contribution in [0.25, 0.3) is 0 Å². The van der Waals surface area contributed by atoms with Gasteiger partial charge in [-0.1, -0.05) is 6.92 Å². The van der Waals surface area contributed by atoms with Crippen LogP contribution in [-0.4, -0.2) is 36.8 Å². The van der Waals surface area contributed by atoms with E-state index < -0.39 is 0 Å². The Kier molecular flexibility index (Phi) is 6.25. The Morgan fingerprint density at radius 2 is 2.19 bits per heavy atom. The van der Waals surface area contributed by atoms with Crippen molar-refractivity contribution in [3.8, 4) is 0 Å². The van der Waals surface area contributed by atoms with E-state index in [4.69, 9.17) is 4.74 Å². The van der Waals surface area contributed by atoms with Gasteiger partial charge in [-0.3, -0.25) is 0 Å². The molecule has 0 aliphatic heterocycles. The molecule has 5 heteroatoms. The minimum Gasteiger partial charge on any atom is -0.385 e. The van der Waals surface area contributed by atoms with Crippen molar-refractivity contribution >= 4 is 11.8 Å². The first-order valence-electron chi connectivity index (χ1n) is 5.66. The zero-order chi connectivity index (χ0) is 11.6. The predicted molar refractivity (Wildman–Crippen MR) is 65.8 cm³/mol. The number of aromatic nitrogens is 2. The van der Waals surface area contributed by atoms with Crippen LogP contribution in [-0.2, 0) is 4.74 Å². The van der Waals surface area contributed by atoms with Crippen LogP contribution < -0.4 is 10.6 Å². The summed E-state index contributed by atoms with van der Waals surface area (Å²) < 4.78 is 4.96. The molecule has 90 valence electrons. The van der Waals surface area contributed by atoms with E-state index in [1.807, 2.05) is 6.07 Å². The fourth-order valence-electron chi connectivity index (χ4n) is 1.21. The van der Waals surface area contributed by atoms with Crippen molar-refractivity contribution in [2.45, 2.75) is 19.8 Å². The lowest BCUT2D eigenvalue weighted by atomic mass is 10.4. The molecule has 0 saturated carbocycles. The minimum absolute atomic E-state index is 0.664. The van der Waals surface area contributed by atoms with Gasteiger partial charge in [-0.15, -0.1) is 0 Å². The zero-order valence-electron chi connectivity index (χ0n) is 9.99. The lowest BCUT2D eigenvalue weighted by Gasteiger charge is -2.07. The van der Waals surface area contributed by atoms with Gasteiger partial charge in [0.05, 0.1) is 0 Å². The molecule has 1 aromatic rings. The zero-order valence-corrected chi connectivity index (χ0v) is 9.99. The first kappa shape index (κ1) is 12.7. The maximum atomic E-state index is 4.96. The van der Waals surface area contributed by atoms with Gasteiger partial charge in [-0.25, -0.2) is 4.98 Å². The molecule has 0 fully saturated rings. The highest BCUT2D eigenvalue weighted by Crippen LogP contribution is 2.05. The molecule has 0 spiro atoms. The molecule has 0 atom stereocenters. The van der Waals surface area contributed by atoms with Gasteiger partial charge in [-0.2, -0.15) is 4.98 Å². The summed E-state index contributed by atoms with van der Waals surface area (Å²) in [6.07, 6.45) is 3.79. The van der Waals surface area contributed by atoms with Gasteiger partial charge in [0.1, 0.15) is 5.82 Å². The van der Waals surface area contributed by atoms with E-state index in [1.165, 1.54) is 0 Å². The first-order valence-corrected chi connectivity index (χ1v) is 5.66. The van der Waals surface area contributed by atoms with Crippen LogP contribution >= 0.6 is 0 Å². The largest absolute Gasteiger partial charge is 0.385 e. The molecule has 0 saturated heterocycles. The van der Waals surface area contributed by atoms with E-state index in [0.717, 1.165) is 38.4 Å². The molecule has 0 aliphatic carbocycles. The van der Waals surface area contributed by atoms with Crippen molar-refractivity contribution in [1.82, 2.24) is 9.97 Å². The molecule has 0 aromatic carbocycles. The second kappa shape index (κ2) is 7.87. The average Bonchev–Trinajstić information content (AvgIpc) is 2.33. The summed E-state index contributed by atoms with van der Waals surface area (Å²) in [7, 11) is 1.70. The monoisotopic (exact) mass is 224 g/mol. The summed E-state index contributed by atoms with van der Waals surface area (Å²) in [5.41, 5.74) is 0. The molecule has 0 amide bonds. The third-order valence-corrected chi connectivity index (χ3v) is 2.02. The van der Waals surface area contributed by atoms with Crippen molar-refractivity contribution < 1.29 is 4.74 Å². The van der Waals surface area contributed by atoms with E-state index in [2.05, 4.69) is 27.5 Å². The van der Waals surface area contributed by atoms with E-state index in [0.29, 0.717) is 5.95 Å². The number of methoxy groups -OCH3 is 1. The number of anilines is 2. The average molecular weight is 224 g/mol. The van der Waals surface area contributed by atoms with E-state index in [-0.39, 0.29) is 0 Å². The van der Waals surface area contributed by atoms with Crippen LogP contribution in [0.1, 0.15) is 19.8 Å². The number of rotatable bonds is 8. The maximum absolute atomic E-state index is 4.96. The Bertz CT molecular complexity index is 293. The fourth-order valence-corrected chi connectivity index (χ4v) is 1.21. The Balaban J connectivity index is 2.35. The highest BCUT2D eigenvalue weighted by Gasteiger charge is 1.97. The van der Waals surface area contributed by atoms with Crippen molar-refractivity contribution in [2.75, 3.05) is 37.4 Å². The Morgan fingerprint density at radius 3 is 2.94 bits per heavy atom. The number of hydrogen-bond donors (Lipinski definition) is 2. The third kappa shape index (κ3) is 4.93. The van der Waals surface area contributed by atoms with Gasteiger partial charge in [0.15, 0.2) is 0 Å². The Labute approximate surface area is 96.6 Å². The summed E-state index contributed by atoms with van der Waals surface area (Å²) >= 11 is 0. The fraction of sp³-hybridized carbons (Fsp3) is 0.636. The second-order valence-corrected chi connectivity index (χ2v) is 3.47. The molecule has 1 heterocycles. The van der Waals surface area contributed by atoms with Crippen molar-refractivity contribution in [1.29, 1.82) is 0 Å². The topological polar surface area (TPSA) is 59.1 Å². The third-order valence-electron chi connectivity index (χ3n) is 2.02. The highest BCUT2D eigenvalue weighted by molar-refractivity contribution is 5.39. The van der Waals surface area contributed by atoms with Crippen LogP contribution in [0.5, 0.6) is 0 Å². The number of nitrogens with one attached hydrogen (secondary N) is 2. The molecule has 5 nitrogen and oxygen atoms in total. The molecular weight excluding hydrogens is 204 g/mol.